The average molecular weight is 428 g/mol. The summed E-state index contributed by atoms with van der Waals surface area (Å²) in [4.78, 5) is 22.9. The van der Waals surface area contributed by atoms with Gasteiger partial charge in [-0.05, 0) is 62.6 Å². The van der Waals surface area contributed by atoms with Crippen LogP contribution < -0.4 is 0 Å². The number of H-pyrrole nitrogens is 1. The Morgan fingerprint density at radius 2 is 2.00 bits per heavy atom. The smallest absolute Gasteiger partial charge is 0.224 e. The van der Waals surface area contributed by atoms with Gasteiger partial charge in [-0.3, -0.25) is 14.5 Å². The highest BCUT2D eigenvalue weighted by molar-refractivity contribution is 5.98. The van der Waals surface area contributed by atoms with E-state index in [1.165, 1.54) is 27.8 Å². The van der Waals surface area contributed by atoms with Gasteiger partial charge in [-0.25, -0.2) is 0 Å². The molecule has 164 valence electrons. The molecule has 4 heterocycles. The fourth-order valence-corrected chi connectivity index (χ4v) is 4.86. The molecule has 1 N–H and O–H groups in total. The van der Waals surface area contributed by atoms with Crippen LogP contribution in [-0.2, 0) is 11.3 Å². The minimum absolute atomic E-state index is 0.209. The number of rotatable bonds is 5. The first-order valence-corrected chi connectivity index (χ1v) is 11.4. The Morgan fingerprint density at radius 1 is 1.16 bits per heavy atom. The molecule has 0 spiro atoms. The molecule has 1 atom stereocenters. The summed E-state index contributed by atoms with van der Waals surface area (Å²) in [5, 5.41) is 5.64. The number of pyridine rings is 1. The highest BCUT2D eigenvalue weighted by Crippen LogP contribution is 2.39. The first-order valence-electron chi connectivity index (χ1n) is 11.4. The van der Waals surface area contributed by atoms with Crippen molar-refractivity contribution in [3.63, 3.8) is 0 Å². The standard InChI is InChI=1S/C26H29N5O/c1-18-5-6-23-22(16-18)25(20-7-11-27-12-8-20)26(28-23)21-4-3-13-30(17-21)24(32)10-15-31-14-9-19(2)29-31/h5-9,11-12,14,16,21,28H,3-4,10,13,15,17H2,1-2H3/t21-/m1/s1. The molecule has 1 aliphatic heterocycles. The quantitative estimate of drug-likeness (QED) is 0.496. The highest BCUT2D eigenvalue weighted by atomic mass is 16.2. The Balaban J connectivity index is 1.41. The number of hydrogen-bond donors (Lipinski definition) is 1. The van der Waals surface area contributed by atoms with E-state index in [0.29, 0.717) is 13.0 Å². The van der Waals surface area contributed by atoms with Gasteiger partial charge in [-0.2, -0.15) is 5.10 Å². The molecule has 4 aromatic rings. The largest absolute Gasteiger partial charge is 0.358 e. The molecule has 6 heteroatoms. The van der Waals surface area contributed by atoms with E-state index in [-0.39, 0.29) is 11.8 Å². The lowest BCUT2D eigenvalue weighted by Gasteiger charge is -2.33. The Labute approximate surface area is 188 Å². The van der Waals surface area contributed by atoms with Gasteiger partial charge < -0.3 is 9.88 Å². The van der Waals surface area contributed by atoms with Gasteiger partial charge in [0.25, 0.3) is 0 Å². The van der Waals surface area contributed by atoms with E-state index in [4.69, 9.17) is 0 Å². The maximum atomic E-state index is 13.0. The van der Waals surface area contributed by atoms with E-state index in [1.807, 2.05) is 41.2 Å². The molecule has 1 aromatic carbocycles. The predicted molar refractivity (Wildman–Crippen MR) is 126 cm³/mol. The van der Waals surface area contributed by atoms with Crippen molar-refractivity contribution < 1.29 is 4.79 Å². The number of likely N-dealkylation sites (tertiary alicyclic amines) is 1. The molecule has 0 saturated carbocycles. The number of carbonyl (C=O) groups excluding carboxylic acids is 1. The van der Waals surface area contributed by atoms with Gasteiger partial charge in [0, 0.05) is 72.7 Å². The fraction of sp³-hybridized carbons (Fsp3) is 0.346. The zero-order valence-electron chi connectivity index (χ0n) is 18.7. The Hall–Kier alpha value is -3.41. The minimum Gasteiger partial charge on any atom is -0.358 e. The molecule has 1 amide bonds. The topological polar surface area (TPSA) is 66.8 Å². The summed E-state index contributed by atoms with van der Waals surface area (Å²) in [6, 6.07) is 12.7. The van der Waals surface area contributed by atoms with E-state index >= 15 is 0 Å². The van der Waals surface area contributed by atoms with E-state index in [1.54, 1.807) is 0 Å². The van der Waals surface area contributed by atoms with Crippen molar-refractivity contribution in [2.24, 2.45) is 0 Å². The summed E-state index contributed by atoms with van der Waals surface area (Å²) < 4.78 is 1.86. The van der Waals surface area contributed by atoms with Crippen LogP contribution in [0.15, 0.2) is 55.0 Å². The van der Waals surface area contributed by atoms with Crippen LogP contribution in [0, 0.1) is 13.8 Å². The van der Waals surface area contributed by atoms with E-state index < -0.39 is 0 Å². The molecular weight excluding hydrogens is 398 g/mol. The third-order valence-corrected chi connectivity index (χ3v) is 6.46. The van der Waals surface area contributed by atoms with Gasteiger partial charge in [0.05, 0.1) is 5.69 Å². The Bertz CT molecular complexity index is 1240. The molecule has 3 aromatic heterocycles. The highest BCUT2D eigenvalue weighted by Gasteiger charge is 2.28. The third-order valence-electron chi connectivity index (χ3n) is 6.46. The number of aryl methyl sites for hydroxylation is 3. The van der Waals surface area contributed by atoms with Crippen molar-refractivity contribution in [3.8, 4) is 11.1 Å². The molecule has 32 heavy (non-hydrogen) atoms. The van der Waals surface area contributed by atoms with Crippen LogP contribution in [0.25, 0.3) is 22.0 Å². The summed E-state index contributed by atoms with van der Waals surface area (Å²) in [5.74, 6) is 0.496. The van der Waals surface area contributed by atoms with Gasteiger partial charge in [0.2, 0.25) is 5.91 Å². The number of aromatic amines is 1. The minimum atomic E-state index is 0.209. The van der Waals surface area contributed by atoms with Crippen LogP contribution >= 0.6 is 0 Å². The lowest BCUT2D eigenvalue weighted by Crippen LogP contribution is -2.39. The van der Waals surface area contributed by atoms with Crippen LogP contribution in [0.4, 0.5) is 0 Å². The van der Waals surface area contributed by atoms with Crippen LogP contribution in [0.3, 0.4) is 0 Å². The maximum absolute atomic E-state index is 13.0. The number of hydrogen-bond acceptors (Lipinski definition) is 3. The third kappa shape index (κ3) is 4.05. The number of fused-ring (bicyclic) bond motifs is 1. The molecular formula is C26H29N5O. The average Bonchev–Trinajstić information content (AvgIpc) is 3.41. The molecule has 0 unspecified atom stereocenters. The van der Waals surface area contributed by atoms with E-state index in [0.717, 1.165) is 37.1 Å². The number of nitrogens with one attached hydrogen (secondary N) is 1. The van der Waals surface area contributed by atoms with Gasteiger partial charge in [0.1, 0.15) is 0 Å². The number of carbonyl (C=O) groups is 1. The summed E-state index contributed by atoms with van der Waals surface area (Å²) >= 11 is 0. The molecule has 1 aliphatic rings. The summed E-state index contributed by atoms with van der Waals surface area (Å²) in [7, 11) is 0. The summed E-state index contributed by atoms with van der Waals surface area (Å²) in [6.07, 6.45) is 8.21. The van der Waals surface area contributed by atoms with Crippen LogP contribution in [0.1, 0.15) is 42.1 Å². The number of nitrogens with zero attached hydrogens (tertiary/aromatic N) is 4. The molecule has 0 bridgehead atoms. The number of piperidine rings is 1. The monoisotopic (exact) mass is 427 g/mol. The number of amides is 1. The predicted octanol–water partition coefficient (Wildman–Crippen LogP) is 4.84. The van der Waals surface area contributed by atoms with E-state index in [9.17, 15) is 4.79 Å². The van der Waals surface area contributed by atoms with Crippen LogP contribution in [0.2, 0.25) is 0 Å². The van der Waals surface area contributed by atoms with Crippen molar-refractivity contribution in [3.05, 3.63) is 71.9 Å². The fourth-order valence-electron chi connectivity index (χ4n) is 4.86. The molecule has 1 fully saturated rings. The molecule has 6 nitrogen and oxygen atoms in total. The first-order chi connectivity index (χ1) is 15.6. The SMILES string of the molecule is Cc1ccc2[nH]c([C@@H]3CCCN(C(=O)CCn4ccc(C)n4)C3)c(-c3ccncc3)c2c1. The maximum Gasteiger partial charge on any atom is 0.224 e. The second-order valence-electron chi connectivity index (χ2n) is 8.85. The Morgan fingerprint density at radius 3 is 2.78 bits per heavy atom. The van der Waals surface area contributed by atoms with Crippen molar-refractivity contribution in [1.82, 2.24) is 24.6 Å². The van der Waals surface area contributed by atoms with E-state index in [2.05, 4.69) is 52.3 Å². The van der Waals surface area contributed by atoms with Crippen molar-refractivity contribution >= 4 is 16.8 Å². The van der Waals surface area contributed by atoms with Gasteiger partial charge >= 0.3 is 0 Å². The summed E-state index contributed by atoms with van der Waals surface area (Å²) in [6.45, 7) is 6.31. The second-order valence-corrected chi connectivity index (χ2v) is 8.85. The van der Waals surface area contributed by atoms with Crippen LogP contribution in [-0.4, -0.2) is 43.6 Å². The van der Waals surface area contributed by atoms with Crippen LogP contribution in [0.5, 0.6) is 0 Å². The van der Waals surface area contributed by atoms with Gasteiger partial charge in [-0.15, -0.1) is 0 Å². The number of aromatic nitrogens is 4. The van der Waals surface area contributed by atoms with Crippen molar-refractivity contribution in [1.29, 1.82) is 0 Å². The Kier molecular flexibility index (Phi) is 5.52. The normalized spacial score (nSPS) is 16.6. The number of benzene rings is 1. The lowest BCUT2D eigenvalue weighted by molar-refractivity contribution is -0.132. The van der Waals surface area contributed by atoms with Gasteiger partial charge in [-0.1, -0.05) is 11.6 Å². The molecule has 1 saturated heterocycles. The second kappa shape index (κ2) is 8.61. The molecule has 0 aliphatic carbocycles. The zero-order valence-corrected chi connectivity index (χ0v) is 18.7. The summed E-state index contributed by atoms with van der Waals surface area (Å²) in [5.41, 5.74) is 7.02. The van der Waals surface area contributed by atoms with Gasteiger partial charge in [0.15, 0.2) is 0 Å². The molecule has 0 radical (unpaired) electrons. The zero-order chi connectivity index (χ0) is 22.1. The van der Waals surface area contributed by atoms with Crippen molar-refractivity contribution in [2.75, 3.05) is 13.1 Å². The first kappa shape index (κ1) is 20.5. The lowest BCUT2D eigenvalue weighted by atomic mass is 9.89. The van der Waals surface area contributed by atoms with Crippen molar-refractivity contribution in [2.45, 2.75) is 45.6 Å². The molecule has 5 rings (SSSR count).